The molecule has 0 bridgehead atoms. The molecule has 10 nitrogen and oxygen atoms in total. The average molecular weight is 292 g/mol. The van der Waals surface area contributed by atoms with Crippen molar-refractivity contribution >= 4 is 11.9 Å². The van der Waals surface area contributed by atoms with Crippen molar-refractivity contribution in [1.82, 2.24) is 30.0 Å². The van der Waals surface area contributed by atoms with E-state index in [0.29, 0.717) is 6.61 Å². The lowest BCUT2D eigenvalue weighted by atomic mass is 10.4. The number of carbonyl (C=O) groups is 1. The molecule has 0 saturated carbocycles. The molecule has 0 fully saturated rings. The van der Waals surface area contributed by atoms with Crippen LogP contribution in [0.25, 0.3) is 5.95 Å². The first kappa shape index (κ1) is 14.7. The Bertz CT molecular complexity index is 626. The molecule has 0 aliphatic heterocycles. The Morgan fingerprint density at radius 3 is 2.90 bits per heavy atom. The molecule has 112 valence electrons. The number of hydrogen-bond donors (Lipinski definition) is 3. The second kappa shape index (κ2) is 6.61. The van der Waals surface area contributed by atoms with Gasteiger partial charge in [-0.05, 0) is 12.5 Å². The molecule has 0 unspecified atom stereocenters. The number of anilines is 1. The van der Waals surface area contributed by atoms with Gasteiger partial charge in [-0.3, -0.25) is 10.2 Å². The quantitative estimate of drug-likeness (QED) is 0.479. The number of nitrogen functional groups attached to an aromatic ring is 1. The summed E-state index contributed by atoms with van der Waals surface area (Å²) in [6.07, 6.45) is 2.37. The first-order valence-electron chi connectivity index (χ1n) is 6.31. The molecule has 2 heterocycles. The molecule has 0 aromatic carbocycles. The van der Waals surface area contributed by atoms with Gasteiger partial charge in [-0.25, -0.2) is 10.5 Å². The van der Waals surface area contributed by atoms with Crippen molar-refractivity contribution < 1.29 is 9.53 Å². The Balaban J connectivity index is 2.33. The van der Waals surface area contributed by atoms with Gasteiger partial charge < -0.3 is 10.1 Å². The second-order valence-corrected chi connectivity index (χ2v) is 3.96. The van der Waals surface area contributed by atoms with Gasteiger partial charge in [0.1, 0.15) is 0 Å². The van der Waals surface area contributed by atoms with Crippen LogP contribution in [0.15, 0.2) is 12.3 Å². The number of ether oxygens (including phenoxy) is 1. The fourth-order valence-electron chi connectivity index (χ4n) is 1.46. The highest BCUT2D eigenvalue weighted by Crippen LogP contribution is 2.10. The maximum absolute atomic E-state index is 11.5. The molecular weight excluding hydrogens is 276 g/mol. The number of rotatable bonds is 6. The fourth-order valence-corrected chi connectivity index (χ4v) is 1.46. The van der Waals surface area contributed by atoms with E-state index in [9.17, 15) is 4.79 Å². The van der Waals surface area contributed by atoms with Crippen LogP contribution in [0.4, 0.5) is 5.95 Å². The Labute approximate surface area is 120 Å². The standard InChI is InChI=1S/C11H16N8O2/c1-3-6-21-11-15-9(17-12)14-10(16-11)19-5-4-7(18-19)8(20)13-2/h4-5H,3,6,12H2,1-2H3,(H,13,20)(H,14,15,16,17). The van der Waals surface area contributed by atoms with Crippen molar-refractivity contribution in [3.05, 3.63) is 18.0 Å². The molecule has 10 heteroatoms. The van der Waals surface area contributed by atoms with Crippen LogP contribution in [0, 0.1) is 0 Å². The summed E-state index contributed by atoms with van der Waals surface area (Å²) in [5, 5.41) is 6.56. The van der Waals surface area contributed by atoms with E-state index in [-0.39, 0.29) is 29.5 Å². The molecule has 2 aromatic rings. The van der Waals surface area contributed by atoms with E-state index in [1.165, 1.54) is 11.7 Å². The van der Waals surface area contributed by atoms with Crippen LogP contribution in [0.1, 0.15) is 23.8 Å². The molecule has 0 saturated heterocycles. The third-order valence-corrected chi connectivity index (χ3v) is 2.42. The lowest BCUT2D eigenvalue weighted by Crippen LogP contribution is -2.19. The van der Waals surface area contributed by atoms with Gasteiger partial charge in [0.25, 0.3) is 11.9 Å². The van der Waals surface area contributed by atoms with Crippen molar-refractivity contribution in [2.24, 2.45) is 5.84 Å². The Morgan fingerprint density at radius 1 is 1.43 bits per heavy atom. The van der Waals surface area contributed by atoms with E-state index in [0.717, 1.165) is 6.42 Å². The minimum absolute atomic E-state index is 0.131. The lowest BCUT2D eigenvalue weighted by molar-refractivity contribution is 0.0957. The second-order valence-electron chi connectivity index (χ2n) is 3.96. The maximum atomic E-state index is 11.5. The molecule has 4 N–H and O–H groups in total. The molecule has 0 aliphatic carbocycles. The van der Waals surface area contributed by atoms with Crippen molar-refractivity contribution in [2.45, 2.75) is 13.3 Å². The van der Waals surface area contributed by atoms with E-state index in [2.05, 4.69) is 30.8 Å². The summed E-state index contributed by atoms with van der Waals surface area (Å²) in [5.41, 5.74) is 2.58. The molecular formula is C11H16N8O2. The SMILES string of the molecule is CCCOc1nc(NN)nc(-n2ccc(C(=O)NC)n2)n1. The van der Waals surface area contributed by atoms with Gasteiger partial charge in [-0.15, -0.1) is 0 Å². The predicted molar refractivity (Wildman–Crippen MR) is 73.9 cm³/mol. The van der Waals surface area contributed by atoms with Crippen LogP contribution in [0.5, 0.6) is 6.01 Å². The summed E-state index contributed by atoms with van der Waals surface area (Å²) in [6.45, 7) is 2.43. The summed E-state index contributed by atoms with van der Waals surface area (Å²) < 4.78 is 6.70. The molecule has 0 radical (unpaired) electrons. The molecule has 2 aromatic heterocycles. The van der Waals surface area contributed by atoms with Gasteiger partial charge in [0, 0.05) is 13.2 Å². The molecule has 21 heavy (non-hydrogen) atoms. The van der Waals surface area contributed by atoms with Crippen LogP contribution in [0.3, 0.4) is 0 Å². The maximum Gasteiger partial charge on any atom is 0.323 e. The monoisotopic (exact) mass is 292 g/mol. The number of nitrogens with zero attached hydrogens (tertiary/aromatic N) is 5. The topological polar surface area (TPSA) is 133 Å². The van der Waals surface area contributed by atoms with Crippen LogP contribution in [-0.4, -0.2) is 44.3 Å². The number of amides is 1. The highest BCUT2D eigenvalue weighted by molar-refractivity contribution is 5.91. The zero-order chi connectivity index (χ0) is 15.2. The van der Waals surface area contributed by atoms with Crippen molar-refractivity contribution in [2.75, 3.05) is 19.1 Å². The Hall–Kier alpha value is -2.75. The molecule has 1 amide bonds. The van der Waals surface area contributed by atoms with E-state index >= 15 is 0 Å². The number of nitrogens with two attached hydrogens (primary N) is 1. The summed E-state index contributed by atoms with van der Waals surface area (Å²) in [4.78, 5) is 23.6. The Morgan fingerprint density at radius 2 is 2.24 bits per heavy atom. The predicted octanol–water partition coefficient (Wildman–Crippen LogP) is -0.509. The van der Waals surface area contributed by atoms with Crippen molar-refractivity contribution in [1.29, 1.82) is 0 Å². The normalized spacial score (nSPS) is 10.2. The van der Waals surface area contributed by atoms with Crippen LogP contribution >= 0.6 is 0 Å². The first-order chi connectivity index (χ1) is 10.2. The highest BCUT2D eigenvalue weighted by Gasteiger charge is 2.12. The van der Waals surface area contributed by atoms with E-state index in [1.807, 2.05) is 6.92 Å². The third-order valence-electron chi connectivity index (χ3n) is 2.42. The molecule has 0 atom stereocenters. The van der Waals surface area contributed by atoms with Gasteiger partial charge in [0.15, 0.2) is 5.69 Å². The van der Waals surface area contributed by atoms with Gasteiger partial charge >= 0.3 is 6.01 Å². The summed E-state index contributed by atoms with van der Waals surface area (Å²) in [6, 6.07) is 1.68. The van der Waals surface area contributed by atoms with Gasteiger partial charge in [-0.2, -0.15) is 20.1 Å². The van der Waals surface area contributed by atoms with Crippen molar-refractivity contribution in [3.8, 4) is 12.0 Å². The fraction of sp³-hybridized carbons (Fsp3) is 0.364. The van der Waals surface area contributed by atoms with Gasteiger partial charge in [0.05, 0.1) is 6.61 Å². The van der Waals surface area contributed by atoms with Crippen LogP contribution in [-0.2, 0) is 0 Å². The number of aromatic nitrogens is 5. The zero-order valence-corrected chi connectivity index (χ0v) is 11.7. The van der Waals surface area contributed by atoms with E-state index in [4.69, 9.17) is 10.6 Å². The smallest absolute Gasteiger partial charge is 0.323 e. The van der Waals surface area contributed by atoms with Crippen LogP contribution in [0.2, 0.25) is 0 Å². The van der Waals surface area contributed by atoms with Gasteiger partial charge in [0.2, 0.25) is 5.95 Å². The Kier molecular flexibility index (Phi) is 4.61. The first-order valence-corrected chi connectivity index (χ1v) is 6.31. The highest BCUT2D eigenvalue weighted by atomic mass is 16.5. The minimum atomic E-state index is -0.303. The number of nitrogens with one attached hydrogen (secondary N) is 2. The third kappa shape index (κ3) is 3.42. The van der Waals surface area contributed by atoms with E-state index in [1.54, 1.807) is 12.3 Å². The molecule has 2 rings (SSSR count). The van der Waals surface area contributed by atoms with Crippen LogP contribution < -0.4 is 21.3 Å². The van der Waals surface area contributed by atoms with E-state index < -0.39 is 0 Å². The summed E-state index contributed by atoms with van der Waals surface area (Å²) in [7, 11) is 1.53. The van der Waals surface area contributed by atoms with Crippen molar-refractivity contribution in [3.63, 3.8) is 0 Å². The largest absolute Gasteiger partial charge is 0.463 e. The summed E-state index contributed by atoms with van der Waals surface area (Å²) in [5.74, 6) is 5.35. The number of carbonyl (C=O) groups excluding carboxylic acids is 1. The number of hydrazine groups is 1. The lowest BCUT2D eigenvalue weighted by Gasteiger charge is -2.06. The average Bonchev–Trinajstić information content (AvgIpc) is 3.01. The molecule has 0 spiro atoms. The van der Waals surface area contributed by atoms with Gasteiger partial charge in [-0.1, -0.05) is 6.92 Å². The zero-order valence-electron chi connectivity index (χ0n) is 11.7. The minimum Gasteiger partial charge on any atom is -0.463 e. The molecule has 0 aliphatic rings. The number of hydrogen-bond acceptors (Lipinski definition) is 8. The summed E-state index contributed by atoms with van der Waals surface area (Å²) >= 11 is 0.